The van der Waals surface area contributed by atoms with Crippen molar-refractivity contribution >= 4 is 11.8 Å². The Morgan fingerprint density at radius 1 is 1.12 bits per heavy atom. The molecule has 0 aliphatic carbocycles. The second-order valence-electron chi connectivity index (χ2n) is 8.85. The lowest BCUT2D eigenvalue weighted by molar-refractivity contribution is -0.253. The van der Waals surface area contributed by atoms with E-state index in [-0.39, 0.29) is 25.4 Å². The predicted octanol–water partition coefficient (Wildman–Crippen LogP) is 4.94. The molecular formula is C27H34N2O5. The second kappa shape index (κ2) is 12.1. The highest BCUT2D eigenvalue weighted by molar-refractivity contribution is 5.84. The van der Waals surface area contributed by atoms with Crippen molar-refractivity contribution in [1.82, 2.24) is 4.90 Å². The Balaban J connectivity index is 1.51. The lowest BCUT2D eigenvalue weighted by Gasteiger charge is -2.39. The zero-order valence-electron chi connectivity index (χ0n) is 19.5. The molecule has 2 aliphatic rings. The Labute approximate surface area is 201 Å². The summed E-state index contributed by atoms with van der Waals surface area (Å²) in [6.07, 6.45) is 4.84. The third-order valence-corrected chi connectivity index (χ3v) is 6.26. The van der Waals surface area contributed by atoms with Crippen LogP contribution in [0.3, 0.4) is 0 Å². The molecule has 0 spiro atoms. The Hall–Kier alpha value is -2.71. The van der Waals surface area contributed by atoms with Crippen molar-refractivity contribution in [2.24, 2.45) is 0 Å². The van der Waals surface area contributed by atoms with Gasteiger partial charge in [0.15, 0.2) is 6.29 Å². The van der Waals surface area contributed by atoms with Gasteiger partial charge >= 0.3 is 6.09 Å². The molecule has 2 fully saturated rings. The lowest BCUT2D eigenvalue weighted by Crippen LogP contribution is -2.41. The average molecular weight is 467 g/mol. The number of carbonyl (C=O) groups excluding carboxylic acids is 1. The van der Waals surface area contributed by atoms with E-state index in [0.29, 0.717) is 5.69 Å². The molecule has 0 unspecified atom stereocenters. The van der Waals surface area contributed by atoms with Gasteiger partial charge in [-0.25, -0.2) is 4.79 Å². The van der Waals surface area contributed by atoms with E-state index in [1.54, 1.807) is 6.07 Å². The first-order valence-corrected chi connectivity index (χ1v) is 12.0. The number of aliphatic hydroxyl groups excluding tert-OH is 1. The highest BCUT2D eigenvalue weighted by atomic mass is 16.7. The second-order valence-corrected chi connectivity index (χ2v) is 8.85. The van der Waals surface area contributed by atoms with Crippen molar-refractivity contribution in [3.8, 4) is 0 Å². The summed E-state index contributed by atoms with van der Waals surface area (Å²) in [6.45, 7) is 6.80. The first-order valence-electron chi connectivity index (χ1n) is 12.0. The maximum Gasteiger partial charge on any atom is 0.411 e. The molecule has 0 radical (unpaired) electrons. The van der Waals surface area contributed by atoms with Crippen LogP contribution in [0, 0.1) is 0 Å². The maximum absolute atomic E-state index is 12.0. The third-order valence-electron chi connectivity index (χ3n) is 6.26. The van der Waals surface area contributed by atoms with Crippen LogP contribution in [-0.4, -0.2) is 48.4 Å². The molecule has 0 saturated carbocycles. The van der Waals surface area contributed by atoms with Gasteiger partial charge in [-0.1, -0.05) is 55.5 Å². The van der Waals surface area contributed by atoms with Gasteiger partial charge in [-0.2, -0.15) is 0 Å². The van der Waals surface area contributed by atoms with E-state index in [2.05, 4.69) is 16.8 Å². The van der Waals surface area contributed by atoms with Crippen molar-refractivity contribution in [2.45, 2.75) is 50.8 Å². The van der Waals surface area contributed by atoms with E-state index in [9.17, 15) is 9.90 Å². The Kier molecular flexibility index (Phi) is 8.71. The van der Waals surface area contributed by atoms with Crippen molar-refractivity contribution in [3.63, 3.8) is 0 Å². The summed E-state index contributed by atoms with van der Waals surface area (Å²) in [4.78, 5) is 14.4. The van der Waals surface area contributed by atoms with Gasteiger partial charge in [0, 0.05) is 24.2 Å². The van der Waals surface area contributed by atoms with Crippen LogP contribution in [0.5, 0.6) is 0 Å². The van der Waals surface area contributed by atoms with E-state index < -0.39 is 12.4 Å². The van der Waals surface area contributed by atoms with Gasteiger partial charge in [0.1, 0.15) is 6.61 Å². The number of aliphatic hydroxyl groups is 1. The summed E-state index contributed by atoms with van der Waals surface area (Å²) >= 11 is 0. The molecule has 0 bridgehead atoms. The number of benzene rings is 2. The van der Waals surface area contributed by atoms with Crippen LogP contribution in [0.15, 0.2) is 61.2 Å². The monoisotopic (exact) mass is 466 g/mol. The van der Waals surface area contributed by atoms with Crippen molar-refractivity contribution in [2.75, 3.05) is 31.6 Å². The molecule has 34 heavy (non-hydrogen) atoms. The van der Waals surface area contributed by atoms with E-state index in [0.717, 1.165) is 42.7 Å². The van der Waals surface area contributed by atoms with Gasteiger partial charge in [-0.05, 0) is 49.2 Å². The number of ether oxygens (including phenoxy) is 3. The number of likely N-dealkylation sites (tertiary alicyclic amines) is 1. The quantitative estimate of drug-likeness (QED) is 0.536. The molecule has 2 aliphatic heterocycles. The fourth-order valence-corrected chi connectivity index (χ4v) is 4.51. The van der Waals surface area contributed by atoms with Gasteiger partial charge in [-0.3, -0.25) is 5.32 Å². The highest BCUT2D eigenvalue weighted by Gasteiger charge is 2.33. The minimum Gasteiger partial charge on any atom is -0.445 e. The van der Waals surface area contributed by atoms with Gasteiger partial charge in [0.25, 0.3) is 0 Å². The predicted molar refractivity (Wildman–Crippen MR) is 130 cm³/mol. The molecule has 7 nitrogen and oxygen atoms in total. The smallest absolute Gasteiger partial charge is 0.411 e. The van der Waals surface area contributed by atoms with Gasteiger partial charge < -0.3 is 24.2 Å². The number of anilines is 1. The zero-order chi connectivity index (χ0) is 23.8. The maximum atomic E-state index is 12.0. The summed E-state index contributed by atoms with van der Waals surface area (Å²) in [5.41, 5.74) is 3.39. The number of amides is 1. The standard InChI is InChI=1S/C27H34N2O5/c1-2-15-32-27(31)28-23-8-6-7-22(16-23)26-33-24(18-29-13-4-3-5-14-29)17-25(34-26)21-11-9-20(19-30)10-12-21/h2,6-12,16,24-26,30H,1,3-5,13-15,17-19H2,(H,28,31)/t24-,25+,26+/m1/s1. The third kappa shape index (κ3) is 6.67. The number of carbonyl (C=O) groups is 1. The van der Waals surface area contributed by atoms with E-state index in [1.807, 2.05) is 42.5 Å². The number of nitrogens with one attached hydrogen (secondary N) is 1. The molecule has 4 rings (SSSR count). The number of hydrogen-bond acceptors (Lipinski definition) is 6. The Morgan fingerprint density at radius 3 is 2.65 bits per heavy atom. The molecule has 2 saturated heterocycles. The molecule has 2 aromatic carbocycles. The molecule has 7 heteroatoms. The van der Waals surface area contributed by atoms with Gasteiger partial charge in [0.2, 0.25) is 0 Å². The molecule has 182 valence electrons. The fraction of sp³-hybridized carbons (Fsp3) is 0.444. The zero-order valence-corrected chi connectivity index (χ0v) is 19.5. The van der Waals surface area contributed by atoms with Crippen LogP contribution >= 0.6 is 0 Å². The van der Waals surface area contributed by atoms with Crippen molar-refractivity contribution in [3.05, 3.63) is 77.9 Å². The first-order chi connectivity index (χ1) is 16.6. The molecule has 2 aromatic rings. The van der Waals surface area contributed by atoms with Crippen LogP contribution < -0.4 is 5.32 Å². The van der Waals surface area contributed by atoms with Crippen LogP contribution in [0.1, 0.15) is 54.8 Å². The minimum absolute atomic E-state index is 0.0180. The van der Waals surface area contributed by atoms with E-state index >= 15 is 0 Å². The lowest BCUT2D eigenvalue weighted by atomic mass is 9.99. The topological polar surface area (TPSA) is 80.3 Å². The van der Waals surface area contributed by atoms with Crippen LogP contribution in [0.25, 0.3) is 0 Å². The number of rotatable bonds is 8. The fourth-order valence-electron chi connectivity index (χ4n) is 4.51. The molecule has 2 heterocycles. The summed E-state index contributed by atoms with van der Waals surface area (Å²) in [5, 5.41) is 12.1. The number of hydrogen-bond donors (Lipinski definition) is 2. The summed E-state index contributed by atoms with van der Waals surface area (Å²) < 4.78 is 17.9. The number of nitrogens with zero attached hydrogens (tertiary/aromatic N) is 1. The average Bonchev–Trinajstić information content (AvgIpc) is 2.88. The summed E-state index contributed by atoms with van der Waals surface area (Å²) in [6, 6.07) is 15.4. The Morgan fingerprint density at radius 2 is 1.91 bits per heavy atom. The molecular weight excluding hydrogens is 432 g/mol. The van der Waals surface area contributed by atoms with Crippen LogP contribution in [-0.2, 0) is 20.8 Å². The van der Waals surface area contributed by atoms with Crippen LogP contribution in [0.2, 0.25) is 0 Å². The highest BCUT2D eigenvalue weighted by Crippen LogP contribution is 2.38. The molecule has 0 aromatic heterocycles. The van der Waals surface area contributed by atoms with Gasteiger partial charge in [0.05, 0.1) is 18.8 Å². The summed E-state index contributed by atoms with van der Waals surface area (Å²) in [5.74, 6) is 0. The van der Waals surface area contributed by atoms with Crippen molar-refractivity contribution in [1.29, 1.82) is 0 Å². The molecule has 2 N–H and O–H groups in total. The summed E-state index contributed by atoms with van der Waals surface area (Å²) in [7, 11) is 0. The minimum atomic E-state index is -0.558. The molecule has 1 amide bonds. The Bertz CT molecular complexity index is 942. The van der Waals surface area contributed by atoms with Crippen molar-refractivity contribution < 1.29 is 24.1 Å². The van der Waals surface area contributed by atoms with E-state index in [4.69, 9.17) is 14.2 Å². The normalized spacial score (nSPS) is 23.3. The molecule has 3 atom stereocenters. The number of piperidine rings is 1. The van der Waals surface area contributed by atoms with Gasteiger partial charge in [-0.15, -0.1) is 0 Å². The first kappa shape index (κ1) is 24.4. The SMILES string of the molecule is C=CCOC(=O)Nc1cccc([C@H]2O[C@@H](CN3CCCCC3)C[C@@H](c3ccc(CO)cc3)O2)c1. The largest absolute Gasteiger partial charge is 0.445 e. The van der Waals surface area contributed by atoms with E-state index in [1.165, 1.54) is 25.3 Å². The van der Waals surface area contributed by atoms with Crippen LogP contribution in [0.4, 0.5) is 10.5 Å².